The summed E-state index contributed by atoms with van der Waals surface area (Å²) in [4.78, 5) is 0. The molecule has 2 rings (SSSR count). The minimum atomic E-state index is -0.123. The van der Waals surface area contributed by atoms with Gasteiger partial charge in [0.2, 0.25) is 0 Å². The van der Waals surface area contributed by atoms with Gasteiger partial charge in [0.25, 0.3) is 0 Å². The molecule has 0 aromatic rings. The van der Waals surface area contributed by atoms with E-state index in [1.165, 1.54) is 12.8 Å². The summed E-state index contributed by atoms with van der Waals surface area (Å²) in [6, 6.07) is 0. The summed E-state index contributed by atoms with van der Waals surface area (Å²) in [5.74, 6) is 0.833. The van der Waals surface area contributed by atoms with Crippen molar-refractivity contribution in [3.8, 4) is 0 Å². The van der Waals surface area contributed by atoms with Gasteiger partial charge in [0, 0.05) is 18.4 Å². The number of ether oxygens (including phenoxy) is 1. The van der Waals surface area contributed by atoms with Crippen LogP contribution in [-0.2, 0) is 4.74 Å². The Bertz CT molecular complexity index is 194. The van der Waals surface area contributed by atoms with Crippen molar-refractivity contribution in [2.24, 2.45) is 11.3 Å². The van der Waals surface area contributed by atoms with Crippen molar-refractivity contribution in [3.63, 3.8) is 0 Å². The molecule has 0 bridgehead atoms. The Labute approximate surface area is 86.6 Å². The number of aliphatic hydroxyl groups is 1. The SMILES string of the molecule is CCC1(CC)C(O)CC1OCC1CC1. The third-order valence-corrected chi connectivity index (χ3v) is 4.29. The quantitative estimate of drug-likeness (QED) is 0.735. The molecule has 2 saturated carbocycles. The highest BCUT2D eigenvalue weighted by Gasteiger charge is 2.52. The van der Waals surface area contributed by atoms with Crippen LogP contribution in [-0.4, -0.2) is 23.9 Å². The Morgan fingerprint density at radius 1 is 1.29 bits per heavy atom. The fraction of sp³-hybridized carbons (Fsp3) is 1.00. The predicted octanol–water partition coefficient (Wildman–Crippen LogP) is 2.35. The molecule has 14 heavy (non-hydrogen) atoms. The van der Waals surface area contributed by atoms with Crippen LogP contribution >= 0.6 is 0 Å². The van der Waals surface area contributed by atoms with E-state index in [2.05, 4.69) is 13.8 Å². The van der Waals surface area contributed by atoms with Crippen LogP contribution in [0.3, 0.4) is 0 Å². The Hall–Kier alpha value is -0.0800. The van der Waals surface area contributed by atoms with Crippen molar-refractivity contribution in [1.29, 1.82) is 0 Å². The zero-order valence-electron chi connectivity index (χ0n) is 9.33. The molecule has 0 heterocycles. The summed E-state index contributed by atoms with van der Waals surface area (Å²) < 4.78 is 5.91. The highest BCUT2D eigenvalue weighted by molar-refractivity contribution is 5.02. The van der Waals surface area contributed by atoms with Crippen LogP contribution in [0.4, 0.5) is 0 Å². The lowest BCUT2D eigenvalue weighted by Crippen LogP contribution is -2.57. The molecule has 2 nitrogen and oxygen atoms in total. The average Bonchev–Trinajstić information content (AvgIpc) is 2.98. The minimum absolute atomic E-state index is 0.0783. The molecular formula is C12H22O2. The minimum Gasteiger partial charge on any atom is -0.392 e. The maximum Gasteiger partial charge on any atom is 0.0680 e. The second kappa shape index (κ2) is 3.82. The van der Waals surface area contributed by atoms with Gasteiger partial charge in [0.05, 0.1) is 12.2 Å². The molecule has 2 atom stereocenters. The van der Waals surface area contributed by atoms with Crippen LogP contribution in [0, 0.1) is 11.3 Å². The van der Waals surface area contributed by atoms with Gasteiger partial charge in [0.15, 0.2) is 0 Å². The Balaban J connectivity index is 1.85. The Morgan fingerprint density at radius 3 is 2.36 bits per heavy atom. The van der Waals surface area contributed by atoms with Crippen molar-refractivity contribution in [2.45, 2.75) is 58.2 Å². The van der Waals surface area contributed by atoms with Gasteiger partial charge in [-0.3, -0.25) is 0 Å². The van der Waals surface area contributed by atoms with E-state index < -0.39 is 0 Å². The molecule has 0 amide bonds. The summed E-state index contributed by atoms with van der Waals surface area (Å²) in [5, 5.41) is 9.83. The van der Waals surface area contributed by atoms with Crippen molar-refractivity contribution < 1.29 is 9.84 Å². The molecule has 2 unspecified atom stereocenters. The van der Waals surface area contributed by atoms with E-state index in [-0.39, 0.29) is 11.5 Å². The van der Waals surface area contributed by atoms with Crippen LogP contribution in [0.25, 0.3) is 0 Å². The van der Waals surface area contributed by atoms with Crippen molar-refractivity contribution >= 4 is 0 Å². The van der Waals surface area contributed by atoms with E-state index in [1.54, 1.807) is 0 Å². The number of rotatable bonds is 5. The van der Waals surface area contributed by atoms with Crippen LogP contribution in [0.5, 0.6) is 0 Å². The molecule has 0 spiro atoms. The van der Waals surface area contributed by atoms with E-state index in [0.29, 0.717) is 6.10 Å². The second-order valence-electron chi connectivity index (χ2n) is 4.96. The highest BCUT2D eigenvalue weighted by Crippen LogP contribution is 2.49. The average molecular weight is 198 g/mol. The molecule has 2 heteroatoms. The van der Waals surface area contributed by atoms with E-state index >= 15 is 0 Å². The van der Waals surface area contributed by atoms with Crippen LogP contribution in [0.2, 0.25) is 0 Å². The summed E-state index contributed by atoms with van der Waals surface area (Å²) in [7, 11) is 0. The first kappa shape index (κ1) is 10.4. The zero-order chi connectivity index (χ0) is 10.2. The smallest absolute Gasteiger partial charge is 0.0680 e. The van der Waals surface area contributed by atoms with E-state index in [9.17, 15) is 5.11 Å². The van der Waals surface area contributed by atoms with E-state index in [4.69, 9.17) is 4.74 Å². The normalized spacial score (nSPS) is 35.4. The highest BCUT2D eigenvalue weighted by atomic mass is 16.5. The molecule has 82 valence electrons. The first-order valence-corrected chi connectivity index (χ1v) is 6.02. The number of aliphatic hydroxyl groups excluding tert-OH is 1. The molecule has 2 aliphatic carbocycles. The van der Waals surface area contributed by atoms with Gasteiger partial charge in [-0.15, -0.1) is 0 Å². The molecule has 0 saturated heterocycles. The first-order valence-electron chi connectivity index (χ1n) is 6.02. The topological polar surface area (TPSA) is 29.5 Å². The molecule has 1 N–H and O–H groups in total. The number of hydrogen-bond donors (Lipinski definition) is 1. The maximum absolute atomic E-state index is 9.83. The standard InChI is InChI=1S/C12H22O2/c1-3-12(4-2)10(13)7-11(12)14-8-9-5-6-9/h9-11,13H,3-8H2,1-2H3. The fourth-order valence-electron chi connectivity index (χ4n) is 2.67. The number of hydrogen-bond acceptors (Lipinski definition) is 2. The van der Waals surface area contributed by atoms with Gasteiger partial charge in [0.1, 0.15) is 0 Å². The lowest BCUT2D eigenvalue weighted by molar-refractivity contribution is -0.197. The summed E-state index contributed by atoms with van der Waals surface area (Å²) >= 11 is 0. The predicted molar refractivity (Wildman–Crippen MR) is 56.1 cm³/mol. The van der Waals surface area contributed by atoms with Gasteiger partial charge in [-0.1, -0.05) is 13.8 Å². The molecule has 2 fully saturated rings. The molecule has 0 radical (unpaired) electrons. The van der Waals surface area contributed by atoms with Gasteiger partial charge < -0.3 is 9.84 Å². The molecule has 0 aromatic carbocycles. The van der Waals surface area contributed by atoms with Gasteiger partial charge >= 0.3 is 0 Å². The summed E-state index contributed by atoms with van der Waals surface area (Å²) in [6.07, 6.45) is 5.84. The maximum atomic E-state index is 9.83. The van der Waals surface area contributed by atoms with Crippen molar-refractivity contribution in [2.75, 3.05) is 6.61 Å². The van der Waals surface area contributed by atoms with Crippen molar-refractivity contribution in [3.05, 3.63) is 0 Å². The lowest BCUT2D eigenvalue weighted by Gasteiger charge is -2.52. The van der Waals surface area contributed by atoms with Crippen LogP contribution < -0.4 is 0 Å². The second-order valence-corrected chi connectivity index (χ2v) is 4.96. The fourth-order valence-corrected chi connectivity index (χ4v) is 2.67. The Morgan fingerprint density at radius 2 is 1.93 bits per heavy atom. The van der Waals surface area contributed by atoms with Gasteiger partial charge in [-0.05, 0) is 31.6 Å². The third kappa shape index (κ3) is 1.59. The van der Waals surface area contributed by atoms with E-state index in [1.807, 2.05) is 0 Å². The lowest BCUT2D eigenvalue weighted by atomic mass is 9.60. The third-order valence-electron chi connectivity index (χ3n) is 4.29. The largest absolute Gasteiger partial charge is 0.392 e. The monoisotopic (exact) mass is 198 g/mol. The zero-order valence-corrected chi connectivity index (χ0v) is 9.33. The Kier molecular flexibility index (Phi) is 2.85. The molecule has 2 aliphatic rings. The van der Waals surface area contributed by atoms with E-state index in [0.717, 1.165) is 31.8 Å². The van der Waals surface area contributed by atoms with Crippen LogP contribution in [0.15, 0.2) is 0 Å². The van der Waals surface area contributed by atoms with Gasteiger partial charge in [-0.2, -0.15) is 0 Å². The summed E-state index contributed by atoms with van der Waals surface area (Å²) in [5.41, 5.74) is 0.0783. The molecule has 0 aliphatic heterocycles. The van der Waals surface area contributed by atoms with Crippen LogP contribution in [0.1, 0.15) is 46.0 Å². The first-order chi connectivity index (χ1) is 6.73. The van der Waals surface area contributed by atoms with Crippen molar-refractivity contribution in [1.82, 2.24) is 0 Å². The molecular weight excluding hydrogens is 176 g/mol. The summed E-state index contributed by atoms with van der Waals surface area (Å²) in [6.45, 7) is 5.26. The molecule has 0 aromatic heterocycles. The van der Waals surface area contributed by atoms with Gasteiger partial charge in [-0.25, -0.2) is 0 Å².